The Labute approximate surface area is 81.5 Å². The van der Waals surface area contributed by atoms with Crippen molar-refractivity contribution in [1.82, 2.24) is 4.98 Å². The van der Waals surface area contributed by atoms with E-state index < -0.39 is 0 Å². The van der Waals surface area contributed by atoms with E-state index in [0.717, 1.165) is 6.42 Å². The fourth-order valence-corrected chi connectivity index (χ4v) is 1.56. The van der Waals surface area contributed by atoms with Crippen LogP contribution in [-0.2, 0) is 4.74 Å². The molecule has 0 bridgehead atoms. The van der Waals surface area contributed by atoms with Crippen LogP contribution >= 0.6 is 0 Å². The number of ether oxygens (including phenoxy) is 1. The van der Waals surface area contributed by atoms with E-state index >= 15 is 0 Å². The van der Waals surface area contributed by atoms with Gasteiger partial charge in [0.25, 0.3) is 0 Å². The Balaban J connectivity index is 2.29. The Bertz CT molecular complexity index is 380. The van der Waals surface area contributed by atoms with Crippen LogP contribution in [0.4, 0.5) is 5.88 Å². The van der Waals surface area contributed by atoms with Crippen LogP contribution in [0.15, 0.2) is 4.42 Å². The van der Waals surface area contributed by atoms with Gasteiger partial charge in [-0.15, -0.1) is 0 Å². The third-order valence-corrected chi connectivity index (χ3v) is 2.41. The molecule has 1 fully saturated rings. The van der Waals surface area contributed by atoms with Gasteiger partial charge < -0.3 is 14.9 Å². The number of aromatic nitrogens is 1. The van der Waals surface area contributed by atoms with Gasteiger partial charge in [0, 0.05) is 6.61 Å². The van der Waals surface area contributed by atoms with Gasteiger partial charge in [0.05, 0.1) is 0 Å². The number of nitrogens with zero attached hydrogens (tertiary/aromatic N) is 2. The average Bonchev–Trinajstić information content (AvgIpc) is 2.71. The van der Waals surface area contributed by atoms with Gasteiger partial charge in [-0.3, -0.25) is 0 Å². The Morgan fingerprint density at radius 2 is 2.43 bits per heavy atom. The third-order valence-electron chi connectivity index (χ3n) is 2.41. The molecule has 2 rings (SSSR count). The van der Waals surface area contributed by atoms with Crippen molar-refractivity contribution < 1.29 is 9.15 Å². The lowest BCUT2D eigenvalue weighted by Gasteiger charge is -2.08. The molecule has 5 nitrogen and oxygen atoms in total. The predicted octanol–water partition coefficient (Wildman–Crippen LogP) is 1.23. The van der Waals surface area contributed by atoms with Crippen LogP contribution in [0.1, 0.15) is 31.0 Å². The molecule has 1 aromatic rings. The summed E-state index contributed by atoms with van der Waals surface area (Å²) in [7, 11) is 0. The second-order valence-electron chi connectivity index (χ2n) is 3.43. The summed E-state index contributed by atoms with van der Waals surface area (Å²) < 4.78 is 10.6. The minimum absolute atomic E-state index is 0.0743. The number of anilines is 1. The molecule has 2 heterocycles. The lowest BCUT2D eigenvalue weighted by atomic mass is 10.0. The van der Waals surface area contributed by atoms with E-state index in [1.807, 2.05) is 6.07 Å². The molecule has 1 aromatic heterocycles. The maximum absolute atomic E-state index is 8.65. The third kappa shape index (κ3) is 1.34. The first-order valence-corrected chi connectivity index (χ1v) is 4.50. The molecule has 0 radical (unpaired) electrons. The molecule has 2 N–H and O–H groups in total. The van der Waals surface area contributed by atoms with E-state index in [-0.39, 0.29) is 17.7 Å². The molecule has 0 spiro atoms. The molecule has 2 atom stereocenters. The topological polar surface area (TPSA) is 85.1 Å². The fourth-order valence-electron chi connectivity index (χ4n) is 1.56. The zero-order valence-corrected chi connectivity index (χ0v) is 7.86. The van der Waals surface area contributed by atoms with Crippen LogP contribution in [0, 0.1) is 17.2 Å². The Kier molecular flexibility index (Phi) is 2.14. The molecule has 1 aliphatic rings. The number of oxazole rings is 1. The van der Waals surface area contributed by atoms with E-state index in [9.17, 15) is 0 Å². The van der Waals surface area contributed by atoms with Crippen molar-refractivity contribution in [2.75, 3.05) is 12.3 Å². The first-order chi connectivity index (χ1) is 6.72. The van der Waals surface area contributed by atoms with Crippen molar-refractivity contribution in [3.05, 3.63) is 11.6 Å². The van der Waals surface area contributed by atoms with E-state index in [4.69, 9.17) is 20.1 Å². The highest BCUT2D eigenvalue weighted by Gasteiger charge is 2.30. The summed E-state index contributed by atoms with van der Waals surface area (Å²) in [6, 6.07) is 1.87. The van der Waals surface area contributed by atoms with Gasteiger partial charge in [-0.05, 0) is 12.3 Å². The van der Waals surface area contributed by atoms with Gasteiger partial charge in [0.1, 0.15) is 12.2 Å². The summed E-state index contributed by atoms with van der Waals surface area (Å²) in [5, 5.41) is 8.65. The number of nitrogens with two attached hydrogens (primary N) is 1. The lowest BCUT2D eigenvalue weighted by molar-refractivity contribution is 0.0722. The summed E-state index contributed by atoms with van der Waals surface area (Å²) in [6.07, 6.45) is 0.828. The molecule has 74 valence electrons. The monoisotopic (exact) mass is 193 g/mol. The van der Waals surface area contributed by atoms with Crippen LogP contribution in [0.25, 0.3) is 0 Å². The van der Waals surface area contributed by atoms with Gasteiger partial charge in [0.15, 0.2) is 0 Å². The van der Waals surface area contributed by atoms with E-state index in [1.165, 1.54) is 0 Å². The van der Waals surface area contributed by atoms with Gasteiger partial charge in [-0.25, -0.2) is 0 Å². The van der Waals surface area contributed by atoms with Crippen LogP contribution in [0.5, 0.6) is 0 Å². The SMILES string of the molecule is CC1CCOC1c1nc(C#N)c(N)o1. The van der Waals surface area contributed by atoms with Gasteiger partial charge >= 0.3 is 0 Å². The van der Waals surface area contributed by atoms with Crippen molar-refractivity contribution in [2.24, 2.45) is 5.92 Å². The maximum atomic E-state index is 8.65. The van der Waals surface area contributed by atoms with Crippen molar-refractivity contribution in [3.8, 4) is 6.07 Å². The van der Waals surface area contributed by atoms with Crippen molar-refractivity contribution in [2.45, 2.75) is 19.4 Å². The highest BCUT2D eigenvalue weighted by Crippen LogP contribution is 2.34. The molecule has 14 heavy (non-hydrogen) atoms. The van der Waals surface area contributed by atoms with Crippen LogP contribution in [0.2, 0.25) is 0 Å². The highest BCUT2D eigenvalue weighted by atomic mass is 16.5. The first kappa shape index (κ1) is 9.03. The Morgan fingerprint density at radius 3 is 2.93 bits per heavy atom. The molecule has 1 aliphatic heterocycles. The molecular formula is C9H11N3O2. The van der Waals surface area contributed by atoms with Crippen LogP contribution in [-0.4, -0.2) is 11.6 Å². The molecule has 0 aromatic carbocycles. The average molecular weight is 193 g/mol. The summed E-state index contributed by atoms with van der Waals surface area (Å²) >= 11 is 0. The van der Waals surface area contributed by atoms with Crippen molar-refractivity contribution in [1.29, 1.82) is 5.26 Å². The summed E-state index contributed by atoms with van der Waals surface area (Å²) in [6.45, 7) is 2.76. The first-order valence-electron chi connectivity index (χ1n) is 4.50. The summed E-state index contributed by atoms with van der Waals surface area (Å²) in [5.41, 5.74) is 5.60. The second-order valence-corrected chi connectivity index (χ2v) is 3.43. The number of hydrogen-bond acceptors (Lipinski definition) is 5. The van der Waals surface area contributed by atoms with Crippen molar-refractivity contribution >= 4 is 5.88 Å². The van der Waals surface area contributed by atoms with E-state index in [2.05, 4.69) is 11.9 Å². The maximum Gasteiger partial charge on any atom is 0.229 e. The normalized spacial score (nSPS) is 26.3. The molecular weight excluding hydrogens is 182 g/mol. The fraction of sp³-hybridized carbons (Fsp3) is 0.556. The molecule has 0 saturated carbocycles. The number of nitriles is 1. The van der Waals surface area contributed by atoms with E-state index in [0.29, 0.717) is 18.4 Å². The molecule has 2 unspecified atom stereocenters. The minimum atomic E-state index is -0.153. The Hall–Kier alpha value is -1.54. The smallest absolute Gasteiger partial charge is 0.229 e. The summed E-state index contributed by atoms with van der Waals surface area (Å²) in [5.74, 6) is 0.855. The van der Waals surface area contributed by atoms with Gasteiger partial charge in [0.2, 0.25) is 17.5 Å². The number of hydrogen-bond donors (Lipinski definition) is 1. The largest absolute Gasteiger partial charge is 0.421 e. The minimum Gasteiger partial charge on any atom is -0.421 e. The molecule has 0 amide bonds. The summed E-state index contributed by atoms with van der Waals surface area (Å²) in [4.78, 5) is 3.98. The lowest BCUT2D eigenvalue weighted by Crippen LogP contribution is -2.03. The molecule has 5 heteroatoms. The van der Waals surface area contributed by atoms with Crippen LogP contribution < -0.4 is 5.73 Å². The molecule has 0 aliphatic carbocycles. The van der Waals surface area contributed by atoms with E-state index in [1.54, 1.807) is 0 Å². The highest BCUT2D eigenvalue weighted by molar-refractivity contribution is 5.40. The predicted molar refractivity (Wildman–Crippen MR) is 48.1 cm³/mol. The standard InChI is InChI=1S/C9H11N3O2/c1-5-2-3-13-7(5)9-12-6(4-10)8(11)14-9/h5,7H,2-3,11H2,1H3. The second kappa shape index (κ2) is 3.31. The van der Waals surface area contributed by atoms with Gasteiger partial charge in [-0.2, -0.15) is 10.2 Å². The van der Waals surface area contributed by atoms with Crippen LogP contribution in [0.3, 0.4) is 0 Å². The molecule has 1 saturated heterocycles. The number of rotatable bonds is 1. The van der Waals surface area contributed by atoms with Gasteiger partial charge in [-0.1, -0.05) is 6.92 Å². The van der Waals surface area contributed by atoms with Crippen molar-refractivity contribution in [3.63, 3.8) is 0 Å². The zero-order chi connectivity index (χ0) is 10.1. The number of nitrogen functional groups attached to an aromatic ring is 1. The Morgan fingerprint density at radius 1 is 1.64 bits per heavy atom. The quantitative estimate of drug-likeness (QED) is 0.724. The zero-order valence-electron chi connectivity index (χ0n) is 7.86.